The van der Waals surface area contributed by atoms with Crippen LogP contribution in [-0.2, 0) is 19.1 Å². The van der Waals surface area contributed by atoms with Crippen LogP contribution in [0, 0.1) is 0 Å². The number of carbonyl (C=O) groups excluding carboxylic acids is 3. The first-order valence-corrected chi connectivity index (χ1v) is 11.3. The van der Waals surface area contributed by atoms with E-state index in [9.17, 15) is 19.2 Å². The Balaban J connectivity index is 1.50. The number of hydrogen-bond donors (Lipinski definition) is 3. The van der Waals surface area contributed by atoms with Gasteiger partial charge in [0.05, 0.1) is 6.61 Å². The molecule has 4 amide bonds. The van der Waals surface area contributed by atoms with Crippen molar-refractivity contribution in [1.29, 1.82) is 0 Å². The minimum absolute atomic E-state index is 0.235. The fourth-order valence-electron chi connectivity index (χ4n) is 4.44. The molecule has 4 rings (SSSR count). The number of anilines is 1. The summed E-state index contributed by atoms with van der Waals surface area (Å²) in [6.07, 6.45) is -0.609. The van der Waals surface area contributed by atoms with Crippen molar-refractivity contribution in [2.24, 2.45) is 0 Å². The van der Waals surface area contributed by atoms with E-state index in [0.717, 1.165) is 15.7 Å². The zero-order valence-electron chi connectivity index (χ0n) is 19.1. The molecule has 2 heterocycles. The minimum atomic E-state index is -1.25. The molecule has 2 aromatic carbocycles. The Morgan fingerprint density at radius 3 is 2.62 bits per heavy atom. The van der Waals surface area contributed by atoms with Gasteiger partial charge in [-0.3, -0.25) is 19.3 Å². The molecule has 0 radical (unpaired) electrons. The molecule has 2 aromatic rings. The van der Waals surface area contributed by atoms with E-state index >= 15 is 0 Å². The van der Waals surface area contributed by atoms with Crippen LogP contribution in [0.3, 0.4) is 0 Å². The van der Waals surface area contributed by atoms with Crippen molar-refractivity contribution in [3.63, 3.8) is 0 Å². The van der Waals surface area contributed by atoms with Crippen LogP contribution >= 0.6 is 0 Å². The molecule has 0 aliphatic carbocycles. The molecule has 10 heteroatoms. The number of carboxylic acid groups (broad SMARTS) is 1. The van der Waals surface area contributed by atoms with Crippen LogP contribution in [0.5, 0.6) is 0 Å². The predicted octanol–water partition coefficient (Wildman–Crippen LogP) is 2.00. The molecule has 180 valence electrons. The van der Waals surface area contributed by atoms with Gasteiger partial charge in [0.2, 0.25) is 17.7 Å². The molecule has 1 unspecified atom stereocenters. The lowest BCUT2D eigenvalue weighted by Crippen LogP contribution is -2.56. The second-order valence-electron chi connectivity index (χ2n) is 8.60. The second kappa shape index (κ2) is 9.68. The van der Waals surface area contributed by atoms with Gasteiger partial charge in [-0.2, -0.15) is 0 Å². The normalized spacial score (nSPS) is 23.1. The summed E-state index contributed by atoms with van der Waals surface area (Å²) in [5.74, 6) is -1.31. The number of ether oxygens (including phenoxy) is 1. The average Bonchev–Trinajstić information content (AvgIpc) is 3.19. The lowest BCUT2D eigenvalue weighted by atomic mass is 10.1. The summed E-state index contributed by atoms with van der Waals surface area (Å²) >= 11 is 0. The third kappa shape index (κ3) is 4.54. The lowest BCUT2D eigenvalue weighted by Gasteiger charge is -2.30. The molecule has 2 aliphatic heterocycles. The van der Waals surface area contributed by atoms with Gasteiger partial charge < -0.3 is 25.4 Å². The molecule has 10 nitrogen and oxygen atoms in total. The summed E-state index contributed by atoms with van der Waals surface area (Å²) in [7, 11) is 1.29. The van der Waals surface area contributed by atoms with Crippen LogP contribution in [-0.4, -0.2) is 76.7 Å². The van der Waals surface area contributed by atoms with Crippen LogP contribution < -0.4 is 10.6 Å². The summed E-state index contributed by atoms with van der Waals surface area (Å²) in [5.41, 5.74) is 0.658. The third-order valence-corrected chi connectivity index (χ3v) is 6.53. The van der Waals surface area contributed by atoms with Crippen LogP contribution in [0.25, 0.3) is 10.8 Å². The first-order valence-electron chi connectivity index (χ1n) is 11.3. The van der Waals surface area contributed by atoms with Gasteiger partial charge in [-0.1, -0.05) is 36.4 Å². The van der Waals surface area contributed by atoms with E-state index in [2.05, 4.69) is 10.6 Å². The molecule has 0 spiro atoms. The summed E-state index contributed by atoms with van der Waals surface area (Å²) in [4.78, 5) is 52.7. The van der Waals surface area contributed by atoms with E-state index in [1.807, 2.05) is 42.5 Å². The van der Waals surface area contributed by atoms with E-state index in [4.69, 9.17) is 9.84 Å². The number of hydrogen-bond acceptors (Lipinski definition) is 5. The molecule has 2 fully saturated rings. The zero-order valence-corrected chi connectivity index (χ0v) is 19.1. The van der Waals surface area contributed by atoms with Crippen LogP contribution in [0.15, 0.2) is 42.5 Å². The van der Waals surface area contributed by atoms with Crippen molar-refractivity contribution in [1.82, 2.24) is 15.1 Å². The van der Waals surface area contributed by atoms with Crippen molar-refractivity contribution in [2.45, 2.75) is 50.5 Å². The lowest BCUT2D eigenvalue weighted by molar-refractivity contribution is -0.147. The van der Waals surface area contributed by atoms with Crippen LogP contribution in [0.2, 0.25) is 0 Å². The van der Waals surface area contributed by atoms with Gasteiger partial charge in [0.25, 0.3) is 0 Å². The largest absolute Gasteiger partial charge is 0.465 e. The van der Waals surface area contributed by atoms with E-state index < -0.39 is 42.3 Å². The SMILES string of the molecule is C[C@@H](C(=O)N[C@H]1CCO[C@H]2CCC(C(=O)Nc3cccc4ccccc34)N2C1=O)N(C)C(=O)O. The van der Waals surface area contributed by atoms with Crippen molar-refractivity contribution < 1.29 is 29.0 Å². The number of amides is 4. The molecule has 0 saturated carbocycles. The molecule has 2 aliphatic rings. The highest BCUT2D eigenvalue weighted by atomic mass is 16.5. The van der Waals surface area contributed by atoms with Crippen molar-refractivity contribution in [3.8, 4) is 0 Å². The molecule has 2 saturated heterocycles. The van der Waals surface area contributed by atoms with Gasteiger partial charge >= 0.3 is 6.09 Å². The van der Waals surface area contributed by atoms with Crippen molar-refractivity contribution >= 4 is 40.3 Å². The number of rotatable bonds is 5. The number of carbonyl (C=O) groups is 4. The Morgan fingerprint density at radius 1 is 1.12 bits per heavy atom. The molecule has 0 bridgehead atoms. The van der Waals surface area contributed by atoms with Gasteiger partial charge in [-0.15, -0.1) is 0 Å². The summed E-state index contributed by atoms with van der Waals surface area (Å²) in [5, 5.41) is 16.6. The molecule has 0 aromatic heterocycles. The maximum atomic E-state index is 13.4. The zero-order chi connectivity index (χ0) is 24.4. The molecular weight excluding hydrogens is 440 g/mol. The predicted molar refractivity (Wildman–Crippen MR) is 124 cm³/mol. The Kier molecular flexibility index (Phi) is 6.69. The Labute approximate surface area is 196 Å². The second-order valence-corrected chi connectivity index (χ2v) is 8.60. The van der Waals surface area contributed by atoms with Gasteiger partial charge in [-0.05, 0) is 31.2 Å². The highest BCUT2D eigenvalue weighted by Gasteiger charge is 2.46. The quantitative estimate of drug-likeness (QED) is 0.616. The number of likely N-dealkylation sites (N-methyl/N-ethyl adjacent to an activating group) is 1. The summed E-state index contributed by atoms with van der Waals surface area (Å²) in [6, 6.07) is 10.7. The first kappa shape index (κ1) is 23.5. The van der Waals surface area contributed by atoms with E-state index in [-0.39, 0.29) is 18.9 Å². The highest BCUT2D eigenvalue weighted by Crippen LogP contribution is 2.31. The van der Waals surface area contributed by atoms with Crippen LogP contribution in [0.1, 0.15) is 26.2 Å². The number of benzene rings is 2. The monoisotopic (exact) mass is 468 g/mol. The van der Waals surface area contributed by atoms with Crippen molar-refractivity contribution in [2.75, 3.05) is 19.0 Å². The highest BCUT2D eigenvalue weighted by molar-refractivity contribution is 6.05. The Hall–Kier alpha value is -3.66. The van der Waals surface area contributed by atoms with E-state index in [0.29, 0.717) is 18.5 Å². The standard InChI is InChI=1S/C24H28N4O6/c1-14(27(2)24(32)33)21(29)26-18-12-13-34-20-11-10-19(28(20)23(18)31)22(30)25-17-9-5-7-15-6-3-4-8-16(15)17/h3-9,14,18-20H,10-13H2,1-2H3,(H,25,30)(H,26,29)(H,32,33)/t14-,18-,19?,20-/m0/s1. The van der Waals surface area contributed by atoms with Gasteiger partial charge in [0.1, 0.15) is 24.4 Å². The van der Waals surface area contributed by atoms with E-state index in [1.165, 1.54) is 18.9 Å². The summed E-state index contributed by atoms with van der Waals surface area (Å²) in [6.45, 7) is 1.68. The van der Waals surface area contributed by atoms with E-state index in [1.54, 1.807) is 0 Å². The number of fused-ring (bicyclic) bond motifs is 2. The van der Waals surface area contributed by atoms with Gasteiger partial charge in [-0.25, -0.2) is 4.79 Å². The summed E-state index contributed by atoms with van der Waals surface area (Å²) < 4.78 is 5.83. The molecular formula is C24H28N4O6. The van der Waals surface area contributed by atoms with Gasteiger partial charge in [0.15, 0.2) is 0 Å². The Bertz CT molecular complexity index is 1120. The van der Waals surface area contributed by atoms with Gasteiger partial charge in [0, 0.05) is 24.5 Å². The molecule has 34 heavy (non-hydrogen) atoms. The number of nitrogens with zero attached hydrogens (tertiary/aromatic N) is 2. The first-order chi connectivity index (χ1) is 16.3. The Morgan fingerprint density at radius 2 is 1.85 bits per heavy atom. The maximum Gasteiger partial charge on any atom is 0.407 e. The fraction of sp³-hybridized carbons (Fsp3) is 0.417. The topological polar surface area (TPSA) is 128 Å². The third-order valence-electron chi connectivity index (χ3n) is 6.53. The fourth-order valence-corrected chi connectivity index (χ4v) is 4.44. The average molecular weight is 469 g/mol. The maximum absolute atomic E-state index is 13.4. The smallest absolute Gasteiger partial charge is 0.407 e. The molecule has 3 N–H and O–H groups in total. The molecule has 4 atom stereocenters. The minimum Gasteiger partial charge on any atom is -0.465 e. The van der Waals surface area contributed by atoms with Crippen LogP contribution in [0.4, 0.5) is 10.5 Å². The number of nitrogens with one attached hydrogen (secondary N) is 2. The van der Waals surface area contributed by atoms with Crippen molar-refractivity contribution in [3.05, 3.63) is 42.5 Å².